The second-order valence-corrected chi connectivity index (χ2v) is 9.54. The van der Waals surface area contributed by atoms with Gasteiger partial charge in [0.2, 0.25) is 11.8 Å². The Morgan fingerprint density at radius 2 is 2.09 bits per heavy atom. The van der Waals surface area contributed by atoms with Crippen molar-refractivity contribution in [3.8, 4) is 10.8 Å². The molecule has 6 rings (SSSR count). The monoisotopic (exact) mass is 476 g/mol. The molecule has 34 heavy (non-hydrogen) atoms. The number of aliphatic imine (C=N–C) groups is 1. The number of rotatable bonds is 4. The molecule has 2 N–H and O–H groups in total. The summed E-state index contributed by atoms with van der Waals surface area (Å²) in [6.07, 6.45) is 7.76. The fourth-order valence-corrected chi connectivity index (χ4v) is 5.18. The Labute approximate surface area is 198 Å². The van der Waals surface area contributed by atoms with Crippen molar-refractivity contribution in [2.45, 2.75) is 26.3 Å². The zero-order valence-corrected chi connectivity index (χ0v) is 19.8. The van der Waals surface area contributed by atoms with E-state index < -0.39 is 0 Å². The van der Waals surface area contributed by atoms with Crippen LogP contribution in [-0.2, 0) is 13.6 Å². The number of fused-ring (bicyclic) bond motifs is 3. The van der Waals surface area contributed by atoms with E-state index in [4.69, 9.17) is 5.73 Å². The Morgan fingerprint density at radius 1 is 1.21 bits per heavy atom. The molecule has 0 atom stereocenters. The van der Waals surface area contributed by atoms with Gasteiger partial charge in [-0.2, -0.15) is 9.50 Å². The molecule has 0 aromatic carbocycles. The van der Waals surface area contributed by atoms with Crippen LogP contribution in [0.15, 0.2) is 44.3 Å². The maximum atomic E-state index is 13.2. The SMILES string of the molecule is CC1=CC2=C(CCN(CCn3c(=O)n(C)c4c3nc(N)n3nc(-c5nccs5)nc43)C2)N=CC1. The minimum atomic E-state index is -0.152. The average molecular weight is 477 g/mol. The quantitative estimate of drug-likeness (QED) is 0.477. The number of anilines is 1. The lowest BCUT2D eigenvalue weighted by Gasteiger charge is -2.28. The molecule has 0 saturated carbocycles. The lowest BCUT2D eigenvalue weighted by molar-refractivity contribution is 0.275. The van der Waals surface area contributed by atoms with Crippen LogP contribution in [-0.4, -0.2) is 64.4 Å². The molecule has 0 unspecified atom stereocenters. The van der Waals surface area contributed by atoms with Gasteiger partial charge in [0.05, 0.1) is 0 Å². The number of allylic oxidation sites excluding steroid dienone is 1. The molecule has 0 radical (unpaired) electrons. The lowest BCUT2D eigenvalue weighted by Crippen LogP contribution is -2.35. The largest absolute Gasteiger partial charge is 0.368 e. The molecule has 0 fully saturated rings. The molecule has 0 bridgehead atoms. The summed E-state index contributed by atoms with van der Waals surface area (Å²) in [6, 6.07) is 0. The first-order chi connectivity index (χ1) is 16.5. The van der Waals surface area contributed by atoms with Crippen molar-refractivity contribution in [1.82, 2.24) is 38.6 Å². The third-order valence-electron chi connectivity index (χ3n) is 6.35. The minimum Gasteiger partial charge on any atom is -0.368 e. The van der Waals surface area contributed by atoms with Gasteiger partial charge in [0.25, 0.3) is 0 Å². The van der Waals surface area contributed by atoms with E-state index in [0.717, 1.165) is 32.5 Å². The Hall–Kier alpha value is -3.64. The summed E-state index contributed by atoms with van der Waals surface area (Å²) in [6.45, 7) is 5.09. The zero-order chi connectivity index (χ0) is 23.4. The van der Waals surface area contributed by atoms with Crippen LogP contribution in [0.3, 0.4) is 0 Å². The lowest BCUT2D eigenvalue weighted by atomic mass is 10.0. The number of nitrogens with zero attached hydrogens (tertiary/aromatic N) is 9. The molecule has 0 spiro atoms. The van der Waals surface area contributed by atoms with Crippen LogP contribution in [0.4, 0.5) is 5.95 Å². The standard InChI is InChI=1S/C22H24N10OS/c1-13-3-5-24-15-4-7-30(12-14(15)11-13)8-9-31-18-16(29(2)22(31)33)19-26-17(20-25-6-10-34-20)28-32(19)21(23)27-18/h5-6,10-11H,3-4,7-9,12H2,1-2H3,(H2,23,27). The minimum absolute atomic E-state index is 0.152. The highest BCUT2D eigenvalue weighted by Gasteiger charge is 2.23. The Morgan fingerprint density at radius 3 is 2.91 bits per heavy atom. The van der Waals surface area contributed by atoms with Gasteiger partial charge < -0.3 is 5.73 Å². The van der Waals surface area contributed by atoms with Crippen molar-refractivity contribution in [3.63, 3.8) is 0 Å². The number of nitrogens with two attached hydrogens (primary N) is 1. The van der Waals surface area contributed by atoms with E-state index in [1.807, 2.05) is 11.6 Å². The van der Waals surface area contributed by atoms with Gasteiger partial charge in [-0.1, -0.05) is 11.6 Å². The summed E-state index contributed by atoms with van der Waals surface area (Å²) in [5.41, 5.74) is 11.5. The number of imidazole rings is 1. The van der Waals surface area contributed by atoms with E-state index in [0.29, 0.717) is 34.2 Å². The van der Waals surface area contributed by atoms with E-state index in [-0.39, 0.29) is 11.6 Å². The van der Waals surface area contributed by atoms with Crippen LogP contribution >= 0.6 is 11.3 Å². The molecule has 12 heteroatoms. The predicted octanol–water partition coefficient (Wildman–Crippen LogP) is 1.86. The van der Waals surface area contributed by atoms with Crippen molar-refractivity contribution in [2.75, 3.05) is 25.4 Å². The first-order valence-corrected chi connectivity index (χ1v) is 12.0. The first kappa shape index (κ1) is 20.9. The predicted molar refractivity (Wildman–Crippen MR) is 132 cm³/mol. The first-order valence-electron chi connectivity index (χ1n) is 11.1. The third-order valence-corrected chi connectivity index (χ3v) is 7.12. The fourth-order valence-electron chi connectivity index (χ4n) is 4.62. The summed E-state index contributed by atoms with van der Waals surface area (Å²) in [4.78, 5) is 33.6. The summed E-state index contributed by atoms with van der Waals surface area (Å²) in [7, 11) is 1.73. The Bertz CT molecular complexity index is 1570. The molecule has 6 heterocycles. The summed E-state index contributed by atoms with van der Waals surface area (Å²) in [5, 5.41) is 7.02. The molecule has 4 aromatic rings. The molecular weight excluding hydrogens is 452 g/mol. The highest BCUT2D eigenvalue weighted by Crippen LogP contribution is 2.25. The van der Waals surface area contributed by atoms with E-state index in [1.165, 1.54) is 32.7 Å². The number of nitrogen functional groups attached to an aromatic ring is 1. The van der Waals surface area contributed by atoms with Gasteiger partial charge in [-0.25, -0.2) is 14.8 Å². The highest BCUT2D eigenvalue weighted by atomic mass is 32.1. The molecule has 0 saturated heterocycles. The van der Waals surface area contributed by atoms with E-state index >= 15 is 0 Å². The number of aromatic nitrogens is 7. The van der Waals surface area contributed by atoms with Crippen molar-refractivity contribution < 1.29 is 0 Å². The second kappa shape index (κ2) is 7.99. The van der Waals surface area contributed by atoms with Gasteiger partial charge in [-0.15, -0.1) is 16.4 Å². The van der Waals surface area contributed by atoms with E-state index in [2.05, 4.69) is 42.9 Å². The van der Waals surface area contributed by atoms with Crippen molar-refractivity contribution in [1.29, 1.82) is 0 Å². The zero-order valence-electron chi connectivity index (χ0n) is 19.0. The topological polar surface area (TPSA) is 125 Å². The Kier molecular flexibility index (Phi) is 4.92. The molecule has 2 aliphatic heterocycles. The van der Waals surface area contributed by atoms with Crippen LogP contribution in [0.5, 0.6) is 0 Å². The molecule has 174 valence electrons. The third kappa shape index (κ3) is 3.37. The van der Waals surface area contributed by atoms with E-state index in [9.17, 15) is 4.79 Å². The summed E-state index contributed by atoms with van der Waals surface area (Å²) in [5.74, 6) is 0.643. The number of hydrogen-bond donors (Lipinski definition) is 1. The molecule has 2 aliphatic rings. The van der Waals surface area contributed by atoms with Gasteiger partial charge in [-0.3, -0.25) is 19.0 Å². The number of aryl methyl sites for hydroxylation is 1. The summed E-state index contributed by atoms with van der Waals surface area (Å²) >= 11 is 1.44. The maximum Gasteiger partial charge on any atom is 0.330 e. The van der Waals surface area contributed by atoms with Gasteiger partial charge in [-0.05, 0) is 12.5 Å². The van der Waals surface area contributed by atoms with Crippen molar-refractivity contribution in [2.24, 2.45) is 12.0 Å². The highest BCUT2D eigenvalue weighted by molar-refractivity contribution is 7.13. The van der Waals surface area contributed by atoms with E-state index in [1.54, 1.807) is 22.4 Å². The normalized spacial score (nSPS) is 16.9. The van der Waals surface area contributed by atoms with Gasteiger partial charge in [0.15, 0.2) is 16.3 Å². The molecule has 0 amide bonds. The van der Waals surface area contributed by atoms with Crippen LogP contribution in [0.1, 0.15) is 19.8 Å². The fraction of sp³-hybridized carbons (Fsp3) is 0.364. The average Bonchev–Trinajstić information content (AvgIpc) is 3.51. The number of hydrogen-bond acceptors (Lipinski definition) is 9. The molecular formula is C22H24N10OS. The van der Waals surface area contributed by atoms with Gasteiger partial charge in [0, 0.05) is 69.6 Å². The molecule has 4 aromatic heterocycles. The summed E-state index contributed by atoms with van der Waals surface area (Å²) < 4.78 is 4.72. The van der Waals surface area contributed by atoms with Crippen molar-refractivity contribution in [3.05, 3.63) is 45.0 Å². The molecule has 0 aliphatic carbocycles. The smallest absolute Gasteiger partial charge is 0.330 e. The molecule has 11 nitrogen and oxygen atoms in total. The van der Waals surface area contributed by atoms with Crippen LogP contribution in [0.25, 0.3) is 27.6 Å². The van der Waals surface area contributed by atoms with Crippen LogP contribution in [0, 0.1) is 0 Å². The van der Waals surface area contributed by atoms with Crippen LogP contribution < -0.4 is 11.4 Å². The second-order valence-electron chi connectivity index (χ2n) is 8.65. The van der Waals surface area contributed by atoms with Gasteiger partial charge >= 0.3 is 5.69 Å². The van der Waals surface area contributed by atoms with Gasteiger partial charge in [0.1, 0.15) is 5.52 Å². The Balaban J connectivity index is 1.34. The number of thiazole rings is 1. The van der Waals surface area contributed by atoms with Crippen LogP contribution in [0.2, 0.25) is 0 Å². The maximum absolute atomic E-state index is 13.2. The van der Waals surface area contributed by atoms with Crippen molar-refractivity contribution >= 4 is 40.3 Å².